The molecule has 4 nitrogen and oxygen atoms in total. The number of aromatic nitrogens is 1. The highest BCUT2D eigenvalue weighted by atomic mass is 32.1. The molecule has 0 aliphatic heterocycles. The summed E-state index contributed by atoms with van der Waals surface area (Å²) in [5, 5.41) is 4.00. The Morgan fingerprint density at radius 3 is 2.82 bits per heavy atom. The van der Waals surface area contributed by atoms with Gasteiger partial charge in [-0.05, 0) is 37.3 Å². The van der Waals surface area contributed by atoms with Crippen molar-refractivity contribution in [1.29, 1.82) is 0 Å². The molecular formula is C17H23N3OS. The summed E-state index contributed by atoms with van der Waals surface area (Å²) in [7, 11) is 0. The predicted octanol–water partition coefficient (Wildman–Crippen LogP) is 3.75. The van der Waals surface area contributed by atoms with E-state index in [1.807, 2.05) is 12.1 Å². The maximum atomic E-state index is 12.4. The van der Waals surface area contributed by atoms with E-state index in [9.17, 15) is 4.79 Å². The molecule has 2 aromatic heterocycles. The van der Waals surface area contributed by atoms with Crippen LogP contribution in [0, 0.1) is 5.92 Å². The van der Waals surface area contributed by atoms with E-state index in [0.29, 0.717) is 22.5 Å². The molecule has 1 saturated carbocycles. The van der Waals surface area contributed by atoms with Crippen LogP contribution in [0.2, 0.25) is 0 Å². The Kier molecular flexibility index (Phi) is 4.34. The molecule has 1 amide bonds. The first kappa shape index (κ1) is 15.3. The van der Waals surface area contributed by atoms with Crippen LogP contribution in [0.25, 0.3) is 10.2 Å². The number of pyridine rings is 1. The number of nitrogen functional groups attached to an aromatic ring is 1. The zero-order valence-electron chi connectivity index (χ0n) is 13.2. The molecule has 0 saturated heterocycles. The maximum Gasteiger partial charge on any atom is 0.263 e. The van der Waals surface area contributed by atoms with Crippen LogP contribution in [0.1, 0.15) is 54.9 Å². The number of rotatable bonds is 4. The van der Waals surface area contributed by atoms with E-state index in [4.69, 9.17) is 5.73 Å². The van der Waals surface area contributed by atoms with Crippen LogP contribution in [0.5, 0.6) is 0 Å². The van der Waals surface area contributed by atoms with E-state index in [-0.39, 0.29) is 5.91 Å². The second-order valence-electron chi connectivity index (χ2n) is 6.55. The third-order valence-corrected chi connectivity index (χ3v) is 5.28. The number of fused-ring (bicyclic) bond motifs is 1. The van der Waals surface area contributed by atoms with E-state index in [0.717, 1.165) is 35.2 Å². The predicted molar refractivity (Wildman–Crippen MR) is 92.3 cm³/mol. The van der Waals surface area contributed by atoms with Crippen molar-refractivity contribution >= 4 is 33.1 Å². The first-order valence-corrected chi connectivity index (χ1v) is 8.85. The highest BCUT2D eigenvalue weighted by molar-refractivity contribution is 7.21. The second kappa shape index (κ2) is 6.24. The normalized spacial score (nSPS) is 15.8. The highest BCUT2D eigenvalue weighted by Gasteiger charge is 2.22. The minimum absolute atomic E-state index is 0.0437. The first-order chi connectivity index (χ1) is 10.5. The number of nitrogens with two attached hydrogens (primary N) is 1. The number of anilines is 1. The second-order valence-corrected chi connectivity index (χ2v) is 7.55. The van der Waals surface area contributed by atoms with Crippen LogP contribution in [0.4, 0.5) is 5.69 Å². The monoisotopic (exact) mass is 317 g/mol. The van der Waals surface area contributed by atoms with E-state index >= 15 is 0 Å². The average Bonchev–Trinajstić information content (AvgIpc) is 3.06. The van der Waals surface area contributed by atoms with Crippen LogP contribution in [0.15, 0.2) is 12.1 Å². The minimum atomic E-state index is -0.0437. The molecule has 3 rings (SSSR count). The molecule has 0 unspecified atom stereocenters. The molecular weight excluding hydrogens is 294 g/mol. The Balaban J connectivity index is 1.86. The number of hydrogen-bond acceptors (Lipinski definition) is 4. The fourth-order valence-electron chi connectivity index (χ4n) is 3.06. The Hall–Kier alpha value is -1.62. The maximum absolute atomic E-state index is 12.4. The Labute approximate surface area is 135 Å². The van der Waals surface area contributed by atoms with Gasteiger partial charge >= 0.3 is 0 Å². The zero-order valence-corrected chi connectivity index (χ0v) is 14.0. The molecule has 0 aromatic carbocycles. The number of carbonyl (C=O) groups is 1. The van der Waals surface area contributed by atoms with E-state index in [1.54, 1.807) is 0 Å². The number of hydrogen-bond donors (Lipinski definition) is 2. The summed E-state index contributed by atoms with van der Waals surface area (Å²) in [6.07, 6.45) is 5.50. The molecule has 1 fully saturated rings. The third kappa shape index (κ3) is 3.09. The lowest BCUT2D eigenvalue weighted by Crippen LogP contribution is -2.32. The molecule has 2 aromatic rings. The Morgan fingerprint density at radius 2 is 2.14 bits per heavy atom. The summed E-state index contributed by atoms with van der Waals surface area (Å²) in [4.78, 5) is 18.6. The summed E-state index contributed by atoms with van der Waals surface area (Å²) < 4.78 is 0. The summed E-state index contributed by atoms with van der Waals surface area (Å²) in [5.41, 5.74) is 7.81. The van der Waals surface area contributed by atoms with Crippen molar-refractivity contribution < 1.29 is 4.79 Å². The molecule has 0 radical (unpaired) electrons. The van der Waals surface area contributed by atoms with Gasteiger partial charge in [0.05, 0.1) is 5.69 Å². The van der Waals surface area contributed by atoms with Gasteiger partial charge in [-0.3, -0.25) is 4.79 Å². The van der Waals surface area contributed by atoms with Gasteiger partial charge in [0, 0.05) is 17.1 Å². The van der Waals surface area contributed by atoms with Gasteiger partial charge in [0.2, 0.25) is 0 Å². The molecule has 1 aliphatic carbocycles. The SMILES string of the molecule is CC(C)Cc1ccc2c(N)c(C(=O)NC3CCCC3)sc2n1. The smallest absolute Gasteiger partial charge is 0.263 e. The standard InChI is InChI=1S/C17H23N3OS/c1-10(2)9-12-7-8-13-14(18)15(22-17(13)20-12)16(21)19-11-5-3-4-6-11/h7-8,10-11H,3-6,9,18H2,1-2H3,(H,19,21). The topological polar surface area (TPSA) is 68.0 Å². The molecule has 0 bridgehead atoms. The third-order valence-electron chi connectivity index (χ3n) is 4.17. The van der Waals surface area contributed by atoms with Crippen LogP contribution < -0.4 is 11.1 Å². The number of amides is 1. The van der Waals surface area contributed by atoms with Crippen molar-refractivity contribution in [1.82, 2.24) is 10.3 Å². The van der Waals surface area contributed by atoms with Gasteiger partial charge in [0.1, 0.15) is 9.71 Å². The molecule has 118 valence electrons. The van der Waals surface area contributed by atoms with Gasteiger partial charge in [-0.15, -0.1) is 11.3 Å². The molecule has 0 atom stereocenters. The highest BCUT2D eigenvalue weighted by Crippen LogP contribution is 2.33. The summed E-state index contributed by atoms with van der Waals surface area (Å²) >= 11 is 1.41. The van der Waals surface area contributed by atoms with Gasteiger partial charge in [-0.2, -0.15) is 0 Å². The van der Waals surface area contributed by atoms with E-state index in [1.165, 1.54) is 24.2 Å². The molecule has 5 heteroatoms. The van der Waals surface area contributed by atoms with Crippen molar-refractivity contribution in [2.24, 2.45) is 5.92 Å². The number of thiophene rings is 1. The molecule has 0 spiro atoms. The summed E-state index contributed by atoms with van der Waals surface area (Å²) in [5.74, 6) is 0.519. The molecule has 3 N–H and O–H groups in total. The number of carbonyl (C=O) groups excluding carboxylic acids is 1. The average molecular weight is 317 g/mol. The molecule has 2 heterocycles. The van der Waals surface area contributed by atoms with Gasteiger partial charge < -0.3 is 11.1 Å². The lowest BCUT2D eigenvalue weighted by Gasteiger charge is -2.10. The quantitative estimate of drug-likeness (QED) is 0.902. The fourth-order valence-corrected chi connectivity index (χ4v) is 4.07. The zero-order chi connectivity index (χ0) is 15.7. The van der Waals surface area contributed by atoms with Crippen molar-refractivity contribution in [2.45, 2.75) is 52.0 Å². The van der Waals surface area contributed by atoms with Crippen molar-refractivity contribution in [2.75, 3.05) is 5.73 Å². The van der Waals surface area contributed by atoms with Crippen LogP contribution in [-0.4, -0.2) is 16.9 Å². The van der Waals surface area contributed by atoms with Crippen molar-refractivity contribution in [3.63, 3.8) is 0 Å². The number of nitrogens with zero attached hydrogens (tertiary/aromatic N) is 1. The van der Waals surface area contributed by atoms with E-state index < -0.39 is 0 Å². The van der Waals surface area contributed by atoms with Gasteiger partial charge in [0.25, 0.3) is 5.91 Å². The number of nitrogens with one attached hydrogen (secondary N) is 1. The lowest BCUT2D eigenvalue weighted by atomic mass is 10.1. The van der Waals surface area contributed by atoms with Crippen LogP contribution >= 0.6 is 11.3 Å². The molecule has 1 aliphatic rings. The Bertz CT molecular complexity index is 687. The summed E-state index contributed by atoms with van der Waals surface area (Å²) in [6.45, 7) is 4.35. The van der Waals surface area contributed by atoms with Gasteiger partial charge in [0.15, 0.2) is 0 Å². The van der Waals surface area contributed by atoms with E-state index in [2.05, 4.69) is 24.1 Å². The van der Waals surface area contributed by atoms with Crippen molar-refractivity contribution in [3.05, 3.63) is 22.7 Å². The Morgan fingerprint density at radius 1 is 1.41 bits per heavy atom. The minimum Gasteiger partial charge on any atom is -0.397 e. The van der Waals surface area contributed by atoms with Gasteiger partial charge in [-0.25, -0.2) is 4.98 Å². The summed E-state index contributed by atoms with van der Waals surface area (Å²) in [6, 6.07) is 4.32. The van der Waals surface area contributed by atoms with Crippen molar-refractivity contribution in [3.8, 4) is 0 Å². The first-order valence-electron chi connectivity index (χ1n) is 8.03. The fraction of sp³-hybridized carbons (Fsp3) is 0.529. The van der Waals surface area contributed by atoms with Gasteiger partial charge in [-0.1, -0.05) is 26.7 Å². The lowest BCUT2D eigenvalue weighted by molar-refractivity contribution is 0.0943. The van der Waals surface area contributed by atoms with Crippen LogP contribution in [-0.2, 0) is 6.42 Å². The van der Waals surface area contributed by atoms with Crippen LogP contribution in [0.3, 0.4) is 0 Å². The largest absolute Gasteiger partial charge is 0.397 e. The molecule has 22 heavy (non-hydrogen) atoms.